The van der Waals surface area contributed by atoms with E-state index in [-0.39, 0.29) is 16.4 Å². The van der Waals surface area contributed by atoms with Crippen molar-refractivity contribution in [3.8, 4) is 0 Å². The lowest BCUT2D eigenvalue weighted by atomic mass is 9.95. The Morgan fingerprint density at radius 3 is 2.48 bits per heavy atom. The van der Waals surface area contributed by atoms with Crippen molar-refractivity contribution in [3.05, 3.63) is 52.5 Å². The zero-order valence-corrected chi connectivity index (χ0v) is 15.0. The summed E-state index contributed by atoms with van der Waals surface area (Å²) < 4.78 is 13.3. The number of carbonyl (C=O) groups excluding carboxylic acids is 2. The molecule has 1 fully saturated rings. The van der Waals surface area contributed by atoms with Gasteiger partial charge in [-0.3, -0.25) is 9.59 Å². The third-order valence-electron chi connectivity index (χ3n) is 4.33. The van der Waals surface area contributed by atoms with Gasteiger partial charge in [0.25, 0.3) is 0 Å². The fourth-order valence-electron chi connectivity index (χ4n) is 2.90. The minimum absolute atomic E-state index is 0.0786. The van der Waals surface area contributed by atoms with Crippen molar-refractivity contribution < 1.29 is 14.0 Å². The van der Waals surface area contributed by atoms with Gasteiger partial charge < -0.3 is 10.2 Å². The van der Waals surface area contributed by atoms with Gasteiger partial charge in [0.15, 0.2) is 0 Å². The Balaban J connectivity index is 1.57. The van der Waals surface area contributed by atoms with Crippen LogP contribution in [-0.4, -0.2) is 30.3 Å². The highest BCUT2D eigenvalue weighted by Gasteiger charge is 2.25. The summed E-state index contributed by atoms with van der Waals surface area (Å²) in [6.45, 7) is 1.53. The molecule has 130 valence electrons. The lowest BCUT2D eigenvalue weighted by molar-refractivity contribution is -0.120. The molecular formula is C18H17BrFN3O2. The summed E-state index contributed by atoms with van der Waals surface area (Å²) in [7, 11) is 0. The normalized spacial score (nSPS) is 15.0. The Morgan fingerprint density at radius 1 is 1.20 bits per heavy atom. The van der Waals surface area contributed by atoms with Gasteiger partial charge in [0.05, 0.1) is 5.69 Å². The molecule has 25 heavy (non-hydrogen) atoms. The van der Waals surface area contributed by atoms with Gasteiger partial charge in [0.1, 0.15) is 10.9 Å². The molecule has 0 spiro atoms. The minimum Gasteiger partial charge on any atom is -0.371 e. The predicted octanol–water partition coefficient (Wildman–Crippen LogP) is 3.65. The van der Waals surface area contributed by atoms with Crippen molar-refractivity contribution in [2.24, 2.45) is 5.92 Å². The Bertz CT molecular complexity index is 774. The van der Waals surface area contributed by atoms with E-state index in [4.69, 9.17) is 0 Å². The average Bonchev–Trinajstić information content (AvgIpc) is 2.64. The first-order chi connectivity index (χ1) is 12.1. The number of amides is 1. The first-order valence-corrected chi connectivity index (χ1v) is 8.79. The molecule has 0 radical (unpaired) electrons. The third kappa shape index (κ3) is 4.22. The van der Waals surface area contributed by atoms with Gasteiger partial charge in [-0.15, -0.1) is 0 Å². The number of nitrogens with zero attached hydrogens (tertiary/aromatic N) is 2. The average molecular weight is 406 g/mol. The molecule has 1 aromatic heterocycles. The molecule has 1 aromatic carbocycles. The molecule has 1 aliphatic heterocycles. The standard InChI is InChI=1S/C18H17BrFN3O2/c19-17-15(5-6-16(20)22-17)21-18(25)13-7-9-23(10-8-13)14-3-1-12(11-24)2-4-14/h1-6,11,13H,7-10H2,(H,21,25). The quantitative estimate of drug-likeness (QED) is 0.622. The molecule has 7 heteroatoms. The van der Waals surface area contributed by atoms with Crippen LogP contribution in [0.2, 0.25) is 0 Å². The van der Waals surface area contributed by atoms with E-state index in [0.29, 0.717) is 11.3 Å². The topological polar surface area (TPSA) is 62.3 Å². The zero-order chi connectivity index (χ0) is 17.8. The molecule has 0 atom stereocenters. The second kappa shape index (κ2) is 7.74. The van der Waals surface area contributed by atoms with Crippen LogP contribution in [0.15, 0.2) is 41.0 Å². The number of benzene rings is 1. The smallest absolute Gasteiger partial charge is 0.227 e. The highest BCUT2D eigenvalue weighted by atomic mass is 79.9. The first kappa shape index (κ1) is 17.5. The number of aromatic nitrogens is 1. The van der Waals surface area contributed by atoms with E-state index in [1.165, 1.54) is 12.1 Å². The number of hydrogen-bond acceptors (Lipinski definition) is 4. The molecule has 1 amide bonds. The maximum atomic E-state index is 13.0. The number of piperidine rings is 1. The van der Waals surface area contributed by atoms with Crippen LogP contribution in [0.4, 0.5) is 15.8 Å². The van der Waals surface area contributed by atoms with Crippen LogP contribution >= 0.6 is 15.9 Å². The molecular weight excluding hydrogens is 389 g/mol. The molecule has 0 bridgehead atoms. The van der Waals surface area contributed by atoms with Gasteiger partial charge in [-0.2, -0.15) is 4.39 Å². The molecule has 0 aliphatic carbocycles. The Kier molecular flexibility index (Phi) is 5.43. The number of pyridine rings is 1. The van der Waals surface area contributed by atoms with E-state index in [1.807, 2.05) is 12.1 Å². The SMILES string of the molecule is O=Cc1ccc(N2CCC(C(=O)Nc3ccc(F)nc3Br)CC2)cc1. The van der Waals surface area contributed by atoms with Crippen LogP contribution in [0.25, 0.3) is 0 Å². The maximum absolute atomic E-state index is 13.0. The van der Waals surface area contributed by atoms with Gasteiger partial charge in [-0.25, -0.2) is 4.98 Å². The van der Waals surface area contributed by atoms with Crippen molar-refractivity contribution in [1.29, 1.82) is 0 Å². The Hall–Kier alpha value is -2.28. The summed E-state index contributed by atoms with van der Waals surface area (Å²) in [6, 6.07) is 10.1. The van der Waals surface area contributed by atoms with Crippen LogP contribution in [0.1, 0.15) is 23.2 Å². The second-order valence-corrected chi connectivity index (χ2v) is 6.68. The minimum atomic E-state index is -0.598. The molecule has 1 saturated heterocycles. The van der Waals surface area contributed by atoms with Gasteiger partial charge in [0.2, 0.25) is 11.9 Å². The molecule has 1 N–H and O–H groups in total. The number of hydrogen-bond donors (Lipinski definition) is 1. The highest BCUT2D eigenvalue weighted by Crippen LogP contribution is 2.26. The van der Waals surface area contributed by atoms with E-state index in [1.54, 1.807) is 12.1 Å². The molecule has 5 nitrogen and oxygen atoms in total. The summed E-state index contributed by atoms with van der Waals surface area (Å²) in [4.78, 5) is 29.0. The summed E-state index contributed by atoms with van der Waals surface area (Å²) in [5, 5.41) is 2.80. The van der Waals surface area contributed by atoms with Crippen LogP contribution in [0, 0.1) is 11.9 Å². The molecule has 1 aliphatic rings. The van der Waals surface area contributed by atoms with Crippen molar-refractivity contribution in [2.75, 3.05) is 23.3 Å². The number of rotatable bonds is 4. The number of nitrogens with one attached hydrogen (secondary N) is 1. The predicted molar refractivity (Wildman–Crippen MR) is 97.3 cm³/mol. The van der Waals surface area contributed by atoms with Crippen molar-refractivity contribution in [3.63, 3.8) is 0 Å². The van der Waals surface area contributed by atoms with Gasteiger partial charge in [-0.05, 0) is 65.2 Å². The van der Waals surface area contributed by atoms with Crippen molar-refractivity contribution >= 4 is 39.5 Å². The highest BCUT2D eigenvalue weighted by molar-refractivity contribution is 9.10. The largest absolute Gasteiger partial charge is 0.371 e. The van der Waals surface area contributed by atoms with Gasteiger partial charge >= 0.3 is 0 Å². The molecule has 3 rings (SSSR count). The van der Waals surface area contributed by atoms with E-state index in [9.17, 15) is 14.0 Å². The van der Waals surface area contributed by atoms with E-state index >= 15 is 0 Å². The number of carbonyl (C=O) groups is 2. The molecule has 0 saturated carbocycles. The van der Waals surface area contributed by atoms with E-state index < -0.39 is 5.95 Å². The van der Waals surface area contributed by atoms with Gasteiger partial charge in [-0.1, -0.05) is 0 Å². The summed E-state index contributed by atoms with van der Waals surface area (Å²) in [5.41, 5.74) is 2.17. The van der Waals surface area contributed by atoms with Crippen LogP contribution in [0.5, 0.6) is 0 Å². The van der Waals surface area contributed by atoms with E-state index in [0.717, 1.165) is 37.9 Å². The molecule has 0 unspecified atom stereocenters. The molecule has 2 aromatic rings. The number of aldehydes is 1. The number of halogens is 2. The fraction of sp³-hybridized carbons (Fsp3) is 0.278. The Morgan fingerprint density at radius 2 is 1.88 bits per heavy atom. The number of anilines is 2. The van der Waals surface area contributed by atoms with Crippen molar-refractivity contribution in [2.45, 2.75) is 12.8 Å². The first-order valence-electron chi connectivity index (χ1n) is 8.00. The maximum Gasteiger partial charge on any atom is 0.227 e. The third-order valence-corrected chi connectivity index (χ3v) is 4.94. The zero-order valence-electron chi connectivity index (χ0n) is 13.4. The Labute approximate surface area is 153 Å². The monoisotopic (exact) mass is 405 g/mol. The molecule has 2 heterocycles. The van der Waals surface area contributed by atoms with Crippen LogP contribution in [-0.2, 0) is 4.79 Å². The van der Waals surface area contributed by atoms with Crippen LogP contribution in [0.3, 0.4) is 0 Å². The van der Waals surface area contributed by atoms with Gasteiger partial charge in [0, 0.05) is 30.3 Å². The lowest BCUT2D eigenvalue weighted by Crippen LogP contribution is -2.38. The lowest BCUT2D eigenvalue weighted by Gasteiger charge is -2.33. The summed E-state index contributed by atoms with van der Waals surface area (Å²) in [5.74, 6) is -0.772. The van der Waals surface area contributed by atoms with Crippen molar-refractivity contribution in [1.82, 2.24) is 4.98 Å². The van der Waals surface area contributed by atoms with E-state index in [2.05, 4.69) is 31.1 Å². The summed E-state index contributed by atoms with van der Waals surface area (Å²) in [6.07, 6.45) is 2.28. The van der Waals surface area contributed by atoms with Crippen LogP contribution < -0.4 is 10.2 Å². The fourth-order valence-corrected chi connectivity index (χ4v) is 3.30. The second-order valence-electron chi connectivity index (χ2n) is 5.93. The summed E-state index contributed by atoms with van der Waals surface area (Å²) >= 11 is 3.15.